The number of rotatable bonds is 19. The van der Waals surface area contributed by atoms with Crippen LogP contribution in [0.15, 0.2) is 40.3 Å². The number of benzene rings is 1. The minimum atomic E-state index is -0.461. The van der Waals surface area contributed by atoms with Crippen molar-refractivity contribution in [2.75, 3.05) is 40.4 Å². The fourth-order valence-electron chi connectivity index (χ4n) is 4.16. The Morgan fingerprint density at radius 3 is 1.34 bits per heavy atom. The molecule has 11 nitrogen and oxygen atoms in total. The molecule has 0 N–H and O–H groups in total. The highest BCUT2D eigenvalue weighted by Gasteiger charge is 2.51. The summed E-state index contributed by atoms with van der Waals surface area (Å²) in [6.07, 6.45) is -0.511. The molecule has 2 rings (SSSR count). The Labute approximate surface area is 266 Å². The monoisotopic (exact) mass is 622 g/mol. The van der Waals surface area contributed by atoms with Crippen molar-refractivity contribution in [3.63, 3.8) is 0 Å². The fraction of sp³-hybridized carbons (Fsp3) is 0.758. The van der Waals surface area contributed by atoms with Crippen LogP contribution in [0, 0.1) is 0 Å². The lowest BCUT2D eigenvalue weighted by Gasteiger charge is -2.47. The normalized spacial score (nSPS) is 16.9. The van der Waals surface area contributed by atoms with Crippen LogP contribution in [0.25, 0.3) is 0 Å². The highest BCUT2D eigenvalue weighted by atomic mass is 16.5. The minimum absolute atomic E-state index is 0.00471. The number of quaternary nitrogens is 1. The third kappa shape index (κ3) is 12.3. The largest absolute Gasteiger partial charge is 0.358 e. The SMILES string of the molecule is CC(C)OCN(COC(C)C)C1=NC(c2ccccc2)[N+](COC(C)C)(COC(C)C)C(N(COC(C)C)COC(C)C)=N1. The molecule has 0 aromatic heterocycles. The summed E-state index contributed by atoms with van der Waals surface area (Å²) < 4.78 is 37.5. The third-order valence-electron chi connectivity index (χ3n) is 6.50. The molecule has 0 bridgehead atoms. The summed E-state index contributed by atoms with van der Waals surface area (Å²) in [4.78, 5) is 14.6. The van der Waals surface area contributed by atoms with Gasteiger partial charge < -0.3 is 28.4 Å². The molecule has 0 fully saturated rings. The molecule has 0 aliphatic carbocycles. The van der Waals surface area contributed by atoms with Crippen molar-refractivity contribution in [3.8, 4) is 0 Å². The molecule has 1 aliphatic rings. The third-order valence-corrected chi connectivity index (χ3v) is 6.50. The average Bonchev–Trinajstić information content (AvgIpc) is 2.95. The van der Waals surface area contributed by atoms with Crippen molar-refractivity contribution in [3.05, 3.63) is 35.9 Å². The molecular formula is C33H60N5O6+. The van der Waals surface area contributed by atoms with Gasteiger partial charge in [0.15, 0.2) is 13.5 Å². The Morgan fingerprint density at radius 2 is 0.955 bits per heavy atom. The van der Waals surface area contributed by atoms with Crippen molar-refractivity contribution < 1.29 is 32.9 Å². The van der Waals surface area contributed by atoms with Crippen molar-refractivity contribution in [2.24, 2.45) is 9.98 Å². The van der Waals surface area contributed by atoms with Crippen LogP contribution in [0.3, 0.4) is 0 Å². The maximum Gasteiger partial charge on any atom is 0.317 e. The van der Waals surface area contributed by atoms with Gasteiger partial charge in [-0.1, -0.05) is 30.3 Å². The van der Waals surface area contributed by atoms with Gasteiger partial charge in [0.1, 0.15) is 26.9 Å². The van der Waals surface area contributed by atoms with E-state index >= 15 is 0 Å². The van der Waals surface area contributed by atoms with Crippen LogP contribution in [0.4, 0.5) is 0 Å². The van der Waals surface area contributed by atoms with E-state index in [9.17, 15) is 0 Å². The Balaban J connectivity index is 2.88. The van der Waals surface area contributed by atoms with E-state index in [-0.39, 0.29) is 81.5 Å². The molecule has 0 spiro atoms. The molecule has 1 aromatic rings. The van der Waals surface area contributed by atoms with Gasteiger partial charge in [-0.05, 0) is 83.1 Å². The Bertz CT molecular complexity index is 964. The smallest absolute Gasteiger partial charge is 0.317 e. The highest BCUT2D eigenvalue weighted by molar-refractivity contribution is 5.93. The van der Waals surface area contributed by atoms with E-state index in [4.69, 9.17) is 38.4 Å². The minimum Gasteiger partial charge on any atom is -0.358 e. The van der Waals surface area contributed by atoms with Crippen molar-refractivity contribution in [1.82, 2.24) is 9.80 Å². The van der Waals surface area contributed by atoms with Crippen LogP contribution in [0.2, 0.25) is 0 Å². The van der Waals surface area contributed by atoms with Gasteiger partial charge in [-0.2, -0.15) is 9.48 Å². The van der Waals surface area contributed by atoms with Gasteiger partial charge in [-0.25, -0.2) is 0 Å². The van der Waals surface area contributed by atoms with E-state index in [2.05, 4.69) is 12.1 Å². The lowest BCUT2D eigenvalue weighted by atomic mass is 10.1. The number of guanidine groups is 2. The predicted octanol–water partition coefficient (Wildman–Crippen LogP) is 6.13. The Morgan fingerprint density at radius 1 is 0.568 bits per heavy atom. The van der Waals surface area contributed by atoms with Gasteiger partial charge >= 0.3 is 5.96 Å². The van der Waals surface area contributed by atoms with Crippen molar-refractivity contribution >= 4 is 11.9 Å². The summed E-state index contributed by atoms with van der Waals surface area (Å²) in [6.45, 7) is 25.8. The summed E-state index contributed by atoms with van der Waals surface area (Å²) >= 11 is 0. The standard InChI is InChI=1S/C33H60N5O6/c1-24(2)39-18-36(19-40-25(3)4)32-34-31(30-16-14-13-15-17-30)38(22-43-28(9)10,23-44-29(11)12)33(35-32)37(20-41-26(5)6)21-42-27(7)8/h13-17,24-29,31H,18-23H2,1-12H3/q+1. The quantitative estimate of drug-likeness (QED) is 0.135. The zero-order chi connectivity index (χ0) is 32.9. The second-order valence-electron chi connectivity index (χ2n) is 12.8. The van der Waals surface area contributed by atoms with Crippen LogP contribution < -0.4 is 0 Å². The summed E-state index contributed by atoms with van der Waals surface area (Å²) in [5.41, 5.74) is 1.00. The lowest BCUT2D eigenvalue weighted by Crippen LogP contribution is -2.65. The van der Waals surface area contributed by atoms with Gasteiger partial charge in [0.2, 0.25) is 12.1 Å². The van der Waals surface area contributed by atoms with E-state index in [0.717, 1.165) is 5.56 Å². The number of aliphatic imine (C=N–C) groups is 2. The van der Waals surface area contributed by atoms with E-state index in [1.165, 1.54) is 0 Å². The van der Waals surface area contributed by atoms with Crippen LogP contribution in [-0.4, -0.2) is 103 Å². The van der Waals surface area contributed by atoms with Crippen LogP contribution in [-0.2, 0) is 28.4 Å². The molecule has 252 valence electrons. The topological polar surface area (TPSA) is 86.6 Å². The molecule has 1 unspecified atom stereocenters. The fourth-order valence-corrected chi connectivity index (χ4v) is 4.16. The summed E-state index contributed by atoms with van der Waals surface area (Å²) in [7, 11) is 0. The van der Waals surface area contributed by atoms with Gasteiger partial charge in [0, 0.05) is 5.56 Å². The van der Waals surface area contributed by atoms with Gasteiger partial charge in [0.05, 0.1) is 36.6 Å². The summed E-state index contributed by atoms with van der Waals surface area (Å²) in [5, 5.41) is 0. The van der Waals surface area contributed by atoms with E-state index in [1.807, 2.05) is 111 Å². The number of ether oxygens (including phenoxy) is 6. The van der Waals surface area contributed by atoms with E-state index in [1.54, 1.807) is 0 Å². The number of hydrogen-bond donors (Lipinski definition) is 0. The molecule has 0 amide bonds. The Kier molecular flexibility index (Phi) is 16.2. The maximum atomic E-state index is 6.42. The summed E-state index contributed by atoms with van der Waals surface area (Å²) in [5.74, 6) is 1.17. The first kappa shape index (κ1) is 38.1. The predicted molar refractivity (Wildman–Crippen MR) is 175 cm³/mol. The first-order valence-electron chi connectivity index (χ1n) is 16.0. The molecule has 1 aliphatic heterocycles. The molecule has 11 heteroatoms. The molecule has 0 saturated carbocycles. The Hall–Kier alpha value is -2.12. The molecule has 1 atom stereocenters. The molecule has 0 radical (unpaired) electrons. The number of hydrogen-bond acceptors (Lipinski definition) is 10. The lowest BCUT2D eigenvalue weighted by molar-refractivity contribution is -0.918. The second kappa shape index (κ2) is 18.8. The van der Waals surface area contributed by atoms with Gasteiger partial charge in [-0.3, -0.25) is 9.80 Å². The first-order chi connectivity index (χ1) is 20.7. The average molecular weight is 623 g/mol. The molecule has 1 heterocycles. The summed E-state index contributed by atoms with van der Waals surface area (Å²) in [6, 6.07) is 10.2. The van der Waals surface area contributed by atoms with Crippen LogP contribution in [0.1, 0.15) is 94.8 Å². The first-order valence-corrected chi connectivity index (χ1v) is 16.0. The van der Waals surface area contributed by atoms with Crippen molar-refractivity contribution in [2.45, 2.75) is 126 Å². The molecule has 1 aromatic carbocycles. The van der Waals surface area contributed by atoms with Crippen LogP contribution in [0.5, 0.6) is 0 Å². The zero-order valence-electron chi connectivity index (χ0n) is 29.4. The molecule has 0 saturated heterocycles. The van der Waals surface area contributed by atoms with Gasteiger partial charge in [0.25, 0.3) is 0 Å². The van der Waals surface area contributed by atoms with E-state index < -0.39 is 6.17 Å². The number of nitrogens with zero attached hydrogens (tertiary/aromatic N) is 5. The van der Waals surface area contributed by atoms with Crippen molar-refractivity contribution in [1.29, 1.82) is 0 Å². The van der Waals surface area contributed by atoms with E-state index in [0.29, 0.717) is 11.9 Å². The maximum absolute atomic E-state index is 6.42. The molecular weight excluding hydrogens is 562 g/mol. The van der Waals surface area contributed by atoms with Gasteiger partial charge in [-0.15, -0.1) is 4.99 Å². The molecule has 44 heavy (non-hydrogen) atoms. The highest BCUT2D eigenvalue weighted by Crippen LogP contribution is 2.36. The zero-order valence-corrected chi connectivity index (χ0v) is 29.4. The van der Waals surface area contributed by atoms with Crippen LogP contribution >= 0.6 is 0 Å². The second-order valence-corrected chi connectivity index (χ2v) is 12.8.